The Bertz CT molecular complexity index is 704. The molecule has 3 rings (SSSR count). The number of fused-ring (bicyclic) bond motifs is 1. The molecule has 2 heterocycles. The van der Waals surface area contributed by atoms with Gasteiger partial charge in [0.1, 0.15) is 18.1 Å². The normalized spacial score (nSPS) is 12.2. The summed E-state index contributed by atoms with van der Waals surface area (Å²) in [6.07, 6.45) is 0. The fourth-order valence-corrected chi connectivity index (χ4v) is 1.97. The van der Waals surface area contributed by atoms with E-state index in [4.69, 9.17) is 15.6 Å². The lowest BCUT2D eigenvalue weighted by Crippen LogP contribution is -2.19. The molecule has 2 aromatic rings. The molecule has 1 aromatic carbocycles. The summed E-state index contributed by atoms with van der Waals surface area (Å²) in [6.45, 7) is 0.221. The monoisotopic (exact) mass is 287 g/mol. The van der Waals surface area contributed by atoms with Crippen LogP contribution < -0.4 is 26.9 Å². The molecule has 0 amide bonds. The largest absolute Gasteiger partial charge is 0.486 e. The number of ether oxygens (including phenoxy) is 1. The second-order valence-corrected chi connectivity index (χ2v) is 4.44. The molecular formula is C13H13N5O3. The van der Waals surface area contributed by atoms with Crippen LogP contribution in [0.5, 0.6) is 5.75 Å². The molecule has 0 fully saturated rings. The van der Waals surface area contributed by atoms with Crippen molar-refractivity contribution in [1.82, 2.24) is 10.5 Å². The Labute approximate surface area is 119 Å². The van der Waals surface area contributed by atoms with Crippen LogP contribution in [0.4, 0.5) is 17.3 Å². The van der Waals surface area contributed by atoms with E-state index in [0.717, 1.165) is 5.56 Å². The number of aromatic nitrogens is 1. The molecule has 0 saturated carbocycles. The highest BCUT2D eigenvalue weighted by Gasteiger charge is 2.17. The molecule has 0 spiro atoms. The molecule has 0 radical (unpaired) electrons. The highest BCUT2D eigenvalue weighted by molar-refractivity contribution is 5.87. The number of aromatic carboxylic acids is 1. The average Bonchev–Trinajstić information content (AvgIpc) is 2.93. The van der Waals surface area contributed by atoms with Gasteiger partial charge in [0.15, 0.2) is 11.6 Å². The number of rotatable bonds is 4. The van der Waals surface area contributed by atoms with Crippen molar-refractivity contribution >= 4 is 23.3 Å². The van der Waals surface area contributed by atoms with Crippen LogP contribution >= 0.6 is 0 Å². The van der Waals surface area contributed by atoms with Crippen molar-refractivity contribution in [2.45, 2.75) is 6.61 Å². The van der Waals surface area contributed by atoms with Gasteiger partial charge >= 0.3 is 5.97 Å². The number of nitrogens with zero attached hydrogens (tertiary/aromatic N) is 1. The molecule has 8 heteroatoms. The van der Waals surface area contributed by atoms with Gasteiger partial charge < -0.3 is 15.6 Å². The fourth-order valence-electron chi connectivity index (χ4n) is 1.97. The Balaban J connectivity index is 1.79. The highest BCUT2D eigenvalue weighted by Crippen LogP contribution is 2.34. The second-order valence-electron chi connectivity index (χ2n) is 4.44. The minimum absolute atomic E-state index is 0.219. The summed E-state index contributed by atoms with van der Waals surface area (Å²) < 4.78 is 5.70. The van der Waals surface area contributed by atoms with Crippen LogP contribution in [-0.4, -0.2) is 16.1 Å². The van der Waals surface area contributed by atoms with E-state index in [-0.39, 0.29) is 12.2 Å². The molecule has 108 valence electrons. The molecular weight excluding hydrogens is 274 g/mol. The number of pyridine rings is 1. The van der Waals surface area contributed by atoms with E-state index in [2.05, 4.69) is 21.4 Å². The number of nitrogens with one attached hydrogen (secondary N) is 3. The van der Waals surface area contributed by atoms with Crippen LogP contribution in [0.2, 0.25) is 0 Å². The van der Waals surface area contributed by atoms with Crippen LogP contribution in [0.15, 0.2) is 30.3 Å². The summed E-state index contributed by atoms with van der Waals surface area (Å²) >= 11 is 0. The van der Waals surface area contributed by atoms with Gasteiger partial charge in [-0.25, -0.2) is 9.78 Å². The predicted molar refractivity (Wildman–Crippen MR) is 76.8 cm³/mol. The van der Waals surface area contributed by atoms with Crippen molar-refractivity contribution in [3.8, 4) is 5.75 Å². The smallest absolute Gasteiger partial charge is 0.335 e. The van der Waals surface area contributed by atoms with Gasteiger partial charge in [0.25, 0.3) is 0 Å². The number of hydrazine groups is 2. The van der Waals surface area contributed by atoms with E-state index in [0.29, 0.717) is 23.1 Å². The van der Waals surface area contributed by atoms with Crippen molar-refractivity contribution in [2.75, 3.05) is 16.6 Å². The number of benzene rings is 1. The van der Waals surface area contributed by atoms with E-state index in [1.165, 1.54) is 6.07 Å². The van der Waals surface area contributed by atoms with Crippen LogP contribution in [0, 0.1) is 0 Å². The third-order valence-electron chi connectivity index (χ3n) is 2.94. The molecule has 0 bridgehead atoms. The molecule has 1 aromatic heterocycles. The summed E-state index contributed by atoms with van der Waals surface area (Å²) in [4.78, 5) is 15.0. The van der Waals surface area contributed by atoms with E-state index in [1.807, 2.05) is 0 Å². The van der Waals surface area contributed by atoms with Gasteiger partial charge in [-0.3, -0.25) is 10.9 Å². The Hall–Kier alpha value is -3.00. The predicted octanol–water partition coefficient (Wildman–Crippen LogP) is 1.20. The third-order valence-corrected chi connectivity index (χ3v) is 2.94. The van der Waals surface area contributed by atoms with E-state index < -0.39 is 5.97 Å². The first kappa shape index (κ1) is 13.0. The van der Waals surface area contributed by atoms with E-state index >= 15 is 0 Å². The van der Waals surface area contributed by atoms with Gasteiger partial charge in [-0.2, -0.15) is 0 Å². The lowest BCUT2D eigenvalue weighted by molar-refractivity contribution is 0.0696. The summed E-state index contributed by atoms with van der Waals surface area (Å²) in [7, 11) is 0. The van der Waals surface area contributed by atoms with Gasteiger partial charge in [0.05, 0.1) is 5.56 Å². The standard InChI is InChI=1S/C13H13N5O3/c14-10-5-9(11-12(15-10)17-18-16-11)21-6-7-2-1-3-8(4-7)13(19)20/h1-5,16,18H,6H2,(H,19,20)(H3,14,15,17). The van der Waals surface area contributed by atoms with Gasteiger partial charge in [0, 0.05) is 6.07 Å². The summed E-state index contributed by atoms with van der Waals surface area (Å²) in [5.74, 6) is 0.419. The summed E-state index contributed by atoms with van der Waals surface area (Å²) in [6, 6.07) is 8.16. The Morgan fingerprint density at radius 2 is 2.19 bits per heavy atom. The third kappa shape index (κ3) is 2.65. The first-order chi connectivity index (χ1) is 10.1. The van der Waals surface area contributed by atoms with Crippen molar-refractivity contribution < 1.29 is 14.6 Å². The van der Waals surface area contributed by atoms with Crippen LogP contribution in [0.25, 0.3) is 0 Å². The Kier molecular flexibility index (Phi) is 3.20. The lowest BCUT2D eigenvalue weighted by atomic mass is 10.1. The second kappa shape index (κ2) is 5.17. The molecule has 0 atom stereocenters. The number of nitrogens with two attached hydrogens (primary N) is 1. The molecule has 0 aliphatic carbocycles. The summed E-state index contributed by atoms with van der Waals surface area (Å²) in [5.41, 5.74) is 15.7. The van der Waals surface area contributed by atoms with Gasteiger partial charge in [-0.1, -0.05) is 12.1 Å². The minimum Gasteiger partial charge on any atom is -0.486 e. The zero-order valence-corrected chi connectivity index (χ0v) is 10.9. The molecule has 1 aliphatic rings. The molecule has 1 aliphatic heterocycles. The van der Waals surface area contributed by atoms with Gasteiger partial charge in [-0.05, 0) is 17.7 Å². The van der Waals surface area contributed by atoms with Gasteiger partial charge in [0.2, 0.25) is 0 Å². The van der Waals surface area contributed by atoms with E-state index in [1.54, 1.807) is 24.3 Å². The fraction of sp³-hybridized carbons (Fsp3) is 0.0769. The number of nitrogen functional groups attached to an aromatic ring is 1. The Morgan fingerprint density at radius 1 is 1.33 bits per heavy atom. The Morgan fingerprint density at radius 3 is 3.00 bits per heavy atom. The summed E-state index contributed by atoms with van der Waals surface area (Å²) in [5, 5.41) is 8.97. The topological polar surface area (TPSA) is 122 Å². The number of hydrogen-bond donors (Lipinski definition) is 5. The maximum Gasteiger partial charge on any atom is 0.335 e. The van der Waals surface area contributed by atoms with Crippen LogP contribution in [-0.2, 0) is 6.61 Å². The number of carbonyl (C=O) groups is 1. The molecule has 0 unspecified atom stereocenters. The van der Waals surface area contributed by atoms with Crippen molar-refractivity contribution in [2.24, 2.45) is 0 Å². The first-order valence-corrected chi connectivity index (χ1v) is 6.16. The average molecular weight is 287 g/mol. The molecule has 6 N–H and O–H groups in total. The SMILES string of the molecule is Nc1cc(OCc2cccc(C(=O)O)c2)c2c(n1)NNN2. The maximum absolute atomic E-state index is 10.9. The number of anilines is 3. The molecule has 0 saturated heterocycles. The van der Waals surface area contributed by atoms with Crippen molar-refractivity contribution in [3.05, 3.63) is 41.5 Å². The van der Waals surface area contributed by atoms with Gasteiger partial charge in [-0.15, -0.1) is 5.53 Å². The maximum atomic E-state index is 10.9. The first-order valence-electron chi connectivity index (χ1n) is 6.16. The van der Waals surface area contributed by atoms with Crippen molar-refractivity contribution in [1.29, 1.82) is 0 Å². The molecule has 8 nitrogen and oxygen atoms in total. The zero-order chi connectivity index (χ0) is 14.8. The number of carboxylic acids is 1. The number of hydrogen-bond acceptors (Lipinski definition) is 7. The van der Waals surface area contributed by atoms with E-state index in [9.17, 15) is 4.79 Å². The lowest BCUT2D eigenvalue weighted by Gasteiger charge is -2.10. The number of carboxylic acid groups (broad SMARTS) is 1. The van der Waals surface area contributed by atoms with Crippen LogP contribution in [0.3, 0.4) is 0 Å². The minimum atomic E-state index is -0.971. The zero-order valence-electron chi connectivity index (χ0n) is 10.9. The molecule has 21 heavy (non-hydrogen) atoms. The van der Waals surface area contributed by atoms with Crippen LogP contribution in [0.1, 0.15) is 15.9 Å². The highest BCUT2D eigenvalue weighted by atomic mass is 16.5. The van der Waals surface area contributed by atoms with Crippen molar-refractivity contribution in [3.63, 3.8) is 0 Å². The quantitative estimate of drug-likeness (QED) is 0.568.